The summed E-state index contributed by atoms with van der Waals surface area (Å²) in [6.07, 6.45) is 4.53. The number of fused-ring (bicyclic) bond motifs is 1. The van der Waals surface area contributed by atoms with Gasteiger partial charge < -0.3 is 4.74 Å². The van der Waals surface area contributed by atoms with Crippen molar-refractivity contribution in [2.45, 2.75) is 6.92 Å². The first kappa shape index (κ1) is 20.0. The molecule has 0 aliphatic carbocycles. The molecule has 3 aromatic carbocycles. The van der Waals surface area contributed by atoms with E-state index in [-0.39, 0.29) is 5.91 Å². The highest BCUT2D eigenvalue weighted by Crippen LogP contribution is 2.27. The van der Waals surface area contributed by atoms with Gasteiger partial charge in [-0.15, -0.1) is 0 Å². The molecule has 4 aromatic rings. The molecule has 4 rings (SSSR count). The van der Waals surface area contributed by atoms with Crippen molar-refractivity contribution in [1.29, 1.82) is 0 Å². The van der Waals surface area contributed by atoms with Gasteiger partial charge in [0.05, 0.1) is 17.3 Å². The Morgan fingerprint density at radius 2 is 1.81 bits per heavy atom. The number of nitrogens with zero attached hydrogens (tertiary/aromatic N) is 2. The molecule has 0 radical (unpaired) electrons. The maximum atomic E-state index is 12.7. The topological polar surface area (TPSA) is 80.6 Å². The number of carbonyl (C=O) groups excluding carboxylic acids is 2. The van der Waals surface area contributed by atoms with Crippen LogP contribution in [0.2, 0.25) is 0 Å². The Hall–Kier alpha value is -4.32. The summed E-state index contributed by atoms with van der Waals surface area (Å²) in [7, 11) is 0. The van der Waals surface area contributed by atoms with Crippen LogP contribution in [0.1, 0.15) is 31.8 Å². The number of rotatable bonds is 5. The van der Waals surface area contributed by atoms with Gasteiger partial charge in [0.15, 0.2) is 0 Å². The number of nitrogens with one attached hydrogen (secondary N) is 1. The third-order valence-electron chi connectivity index (χ3n) is 4.67. The minimum absolute atomic E-state index is 0.351. The molecule has 0 spiro atoms. The zero-order chi connectivity index (χ0) is 21.6. The van der Waals surface area contributed by atoms with Gasteiger partial charge in [0.1, 0.15) is 5.75 Å². The van der Waals surface area contributed by atoms with Crippen molar-refractivity contribution >= 4 is 28.9 Å². The number of benzene rings is 3. The molecule has 0 bridgehead atoms. The first-order chi connectivity index (χ1) is 15.1. The van der Waals surface area contributed by atoms with E-state index in [4.69, 9.17) is 4.74 Å². The molecule has 0 atom stereocenters. The minimum Gasteiger partial charge on any atom is -0.422 e. The largest absolute Gasteiger partial charge is 0.422 e. The zero-order valence-electron chi connectivity index (χ0n) is 16.8. The predicted octanol–water partition coefficient (Wildman–Crippen LogP) is 4.53. The summed E-state index contributed by atoms with van der Waals surface area (Å²) in [5, 5.41) is 5.88. The number of amides is 1. The fraction of sp³-hybridized carbons (Fsp3) is 0.0400. The molecule has 0 saturated carbocycles. The van der Waals surface area contributed by atoms with E-state index in [2.05, 4.69) is 15.5 Å². The highest BCUT2D eigenvalue weighted by Gasteiger charge is 2.14. The second-order valence-electron chi connectivity index (χ2n) is 6.90. The molecule has 0 aliphatic heterocycles. The Kier molecular flexibility index (Phi) is 5.80. The first-order valence-corrected chi connectivity index (χ1v) is 9.66. The van der Waals surface area contributed by atoms with Crippen molar-refractivity contribution in [3.8, 4) is 5.75 Å². The summed E-state index contributed by atoms with van der Waals surface area (Å²) in [5.41, 5.74) is 4.89. The van der Waals surface area contributed by atoms with Gasteiger partial charge in [-0.3, -0.25) is 9.78 Å². The van der Waals surface area contributed by atoms with Crippen LogP contribution in [0.25, 0.3) is 10.8 Å². The van der Waals surface area contributed by atoms with Crippen LogP contribution in [0.4, 0.5) is 0 Å². The molecule has 1 N–H and O–H groups in total. The lowest BCUT2D eigenvalue weighted by atomic mass is 10.0. The molecular formula is C25H19N3O3. The van der Waals surface area contributed by atoms with Crippen LogP contribution in [-0.4, -0.2) is 23.1 Å². The summed E-state index contributed by atoms with van der Waals surface area (Å²) in [5.74, 6) is -0.500. The van der Waals surface area contributed by atoms with E-state index in [1.807, 2.05) is 49.4 Å². The summed E-state index contributed by atoms with van der Waals surface area (Å²) in [6, 6.07) is 21.8. The number of pyridine rings is 1. The summed E-state index contributed by atoms with van der Waals surface area (Å²) < 4.78 is 5.68. The van der Waals surface area contributed by atoms with Gasteiger partial charge >= 0.3 is 5.97 Å². The maximum absolute atomic E-state index is 12.7. The minimum atomic E-state index is -0.465. The third-order valence-corrected chi connectivity index (χ3v) is 4.67. The summed E-state index contributed by atoms with van der Waals surface area (Å²) >= 11 is 0. The van der Waals surface area contributed by atoms with Gasteiger partial charge in [0.2, 0.25) is 0 Å². The predicted molar refractivity (Wildman–Crippen MR) is 119 cm³/mol. The van der Waals surface area contributed by atoms with Crippen LogP contribution < -0.4 is 10.2 Å². The molecule has 6 nitrogen and oxygen atoms in total. The lowest BCUT2D eigenvalue weighted by molar-refractivity contribution is 0.0734. The fourth-order valence-electron chi connectivity index (χ4n) is 3.15. The van der Waals surface area contributed by atoms with Gasteiger partial charge in [-0.2, -0.15) is 5.10 Å². The molecule has 0 fully saturated rings. The second-order valence-corrected chi connectivity index (χ2v) is 6.90. The van der Waals surface area contributed by atoms with Crippen LogP contribution in [0.3, 0.4) is 0 Å². The van der Waals surface area contributed by atoms with E-state index in [0.717, 1.165) is 16.3 Å². The maximum Gasteiger partial charge on any atom is 0.343 e. The molecule has 0 unspecified atom stereocenters. The van der Waals surface area contributed by atoms with Crippen molar-refractivity contribution in [2.24, 2.45) is 5.10 Å². The molecule has 0 saturated heterocycles. The fourth-order valence-corrected chi connectivity index (χ4v) is 3.15. The van der Waals surface area contributed by atoms with Crippen LogP contribution in [0.15, 0.2) is 90.3 Å². The van der Waals surface area contributed by atoms with Crippen LogP contribution >= 0.6 is 0 Å². The van der Waals surface area contributed by atoms with E-state index in [1.54, 1.807) is 36.5 Å². The van der Waals surface area contributed by atoms with E-state index < -0.39 is 5.97 Å². The van der Waals surface area contributed by atoms with Gasteiger partial charge in [-0.25, -0.2) is 10.2 Å². The molecule has 6 heteroatoms. The van der Waals surface area contributed by atoms with E-state index >= 15 is 0 Å². The number of ether oxygens (including phenoxy) is 1. The van der Waals surface area contributed by atoms with Crippen LogP contribution in [-0.2, 0) is 0 Å². The molecule has 1 heterocycles. The molecule has 0 aliphatic rings. The molecule has 1 aromatic heterocycles. The average Bonchev–Trinajstić information content (AvgIpc) is 2.80. The van der Waals surface area contributed by atoms with Crippen molar-refractivity contribution in [1.82, 2.24) is 10.4 Å². The lowest BCUT2D eigenvalue weighted by Gasteiger charge is -2.11. The number of hydrogen-bond donors (Lipinski definition) is 1. The lowest BCUT2D eigenvalue weighted by Crippen LogP contribution is -2.18. The molecule has 152 valence electrons. The monoisotopic (exact) mass is 409 g/mol. The Labute approximate surface area is 179 Å². The molecular weight excluding hydrogens is 390 g/mol. The number of carbonyl (C=O) groups is 2. The van der Waals surface area contributed by atoms with Crippen molar-refractivity contribution in [3.63, 3.8) is 0 Å². The van der Waals surface area contributed by atoms with Gasteiger partial charge in [0.25, 0.3) is 5.91 Å². The number of aryl methyl sites for hydroxylation is 1. The standard InChI is InChI=1S/C25H19N3O3/c1-17-6-4-8-19(14-17)25(30)31-23-12-11-18-7-2-3-10-21(18)22(23)16-27-28-24(29)20-9-5-13-26-15-20/h2-16H,1H3,(H,28,29)/b27-16-. The number of hydrogen-bond acceptors (Lipinski definition) is 5. The summed E-state index contributed by atoms with van der Waals surface area (Å²) in [6.45, 7) is 1.91. The van der Waals surface area contributed by atoms with Crippen molar-refractivity contribution in [2.75, 3.05) is 0 Å². The van der Waals surface area contributed by atoms with Gasteiger partial charge in [-0.05, 0) is 48.0 Å². The van der Waals surface area contributed by atoms with Gasteiger partial charge in [-0.1, -0.05) is 48.0 Å². The van der Waals surface area contributed by atoms with E-state index in [0.29, 0.717) is 22.4 Å². The number of esters is 1. The quantitative estimate of drug-likeness (QED) is 0.227. The van der Waals surface area contributed by atoms with Gasteiger partial charge in [0, 0.05) is 18.0 Å². The highest BCUT2D eigenvalue weighted by molar-refractivity contribution is 6.04. The zero-order valence-corrected chi connectivity index (χ0v) is 16.8. The van der Waals surface area contributed by atoms with Crippen molar-refractivity contribution in [3.05, 3.63) is 107 Å². The number of aromatic nitrogens is 1. The average molecular weight is 409 g/mol. The Bertz CT molecular complexity index is 1280. The Morgan fingerprint density at radius 1 is 0.968 bits per heavy atom. The Morgan fingerprint density at radius 3 is 2.61 bits per heavy atom. The second kappa shape index (κ2) is 9.00. The van der Waals surface area contributed by atoms with E-state index in [1.165, 1.54) is 12.4 Å². The van der Waals surface area contributed by atoms with Crippen molar-refractivity contribution < 1.29 is 14.3 Å². The smallest absolute Gasteiger partial charge is 0.343 e. The summed E-state index contributed by atoms with van der Waals surface area (Å²) in [4.78, 5) is 28.8. The third kappa shape index (κ3) is 4.64. The molecule has 31 heavy (non-hydrogen) atoms. The highest BCUT2D eigenvalue weighted by atomic mass is 16.5. The Balaban J connectivity index is 1.64. The first-order valence-electron chi connectivity index (χ1n) is 9.66. The van der Waals surface area contributed by atoms with Crippen LogP contribution in [0, 0.1) is 6.92 Å². The van der Waals surface area contributed by atoms with Crippen LogP contribution in [0.5, 0.6) is 5.75 Å². The molecule has 1 amide bonds. The van der Waals surface area contributed by atoms with E-state index in [9.17, 15) is 9.59 Å². The SMILES string of the molecule is Cc1cccc(C(=O)Oc2ccc3ccccc3c2/C=N\NC(=O)c2cccnc2)c1. The normalized spacial score (nSPS) is 10.9. The number of hydrazone groups is 1.